The normalized spacial score (nSPS) is 23.9. The molecule has 0 radical (unpaired) electrons. The molecule has 8 heteroatoms. The highest BCUT2D eigenvalue weighted by Gasteiger charge is 2.44. The van der Waals surface area contributed by atoms with Gasteiger partial charge in [-0.05, 0) is 41.0 Å². The standard InChI is InChI=1S/C23H28O8/c1-26-19-5-12(6-20(27-2)23(19)29-4)21-13-7-17-18(31-11-30-17)8-14(13)22(28-3)16(10-25)15(21)9-24/h5-8,15-16,21-22,24-25H,9-11H2,1-4H3/t15-,16-,21+,22+/m0/s1. The molecular formula is C23H28O8. The van der Waals surface area contributed by atoms with Crippen LogP contribution in [0.5, 0.6) is 28.7 Å². The highest BCUT2D eigenvalue weighted by Crippen LogP contribution is 2.54. The van der Waals surface area contributed by atoms with Crippen LogP contribution in [0.3, 0.4) is 0 Å². The fourth-order valence-electron chi connectivity index (χ4n) is 4.90. The number of methoxy groups -OCH3 is 4. The predicted molar refractivity (Wildman–Crippen MR) is 111 cm³/mol. The Morgan fingerprint density at radius 2 is 1.39 bits per heavy atom. The van der Waals surface area contributed by atoms with Crippen LogP contribution in [-0.4, -0.2) is 58.7 Å². The summed E-state index contributed by atoms with van der Waals surface area (Å²) in [5.74, 6) is 1.90. The van der Waals surface area contributed by atoms with E-state index in [4.69, 9.17) is 28.4 Å². The van der Waals surface area contributed by atoms with Gasteiger partial charge in [-0.2, -0.15) is 0 Å². The van der Waals surface area contributed by atoms with E-state index >= 15 is 0 Å². The summed E-state index contributed by atoms with van der Waals surface area (Å²) in [5, 5.41) is 20.6. The molecule has 8 nitrogen and oxygen atoms in total. The second-order valence-electron chi connectivity index (χ2n) is 7.62. The van der Waals surface area contributed by atoms with Crippen LogP contribution in [0.2, 0.25) is 0 Å². The van der Waals surface area contributed by atoms with Crippen LogP contribution in [0.15, 0.2) is 24.3 Å². The van der Waals surface area contributed by atoms with E-state index in [1.165, 1.54) is 0 Å². The summed E-state index contributed by atoms with van der Waals surface area (Å²) in [4.78, 5) is 0. The number of aliphatic hydroxyl groups is 2. The van der Waals surface area contributed by atoms with Gasteiger partial charge in [0.05, 0.1) is 27.4 Å². The molecule has 31 heavy (non-hydrogen) atoms. The molecule has 4 rings (SSSR count). The minimum Gasteiger partial charge on any atom is -0.493 e. The first-order chi connectivity index (χ1) is 15.1. The summed E-state index contributed by atoms with van der Waals surface area (Å²) in [7, 11) is 6.29. The van der Waals surface area contributed by atoms with E-state index in [0.29, 0.717) is 28.7 Å². The van der Waals surface area contributed by atoms with Crippen molar-refractivity contribution in [2.24, 2.45) is 11.8 Å². The Morgan fingerprint density at radius 3 is 1.87 bits per heavy atom. The summed E-state index contributed by atoms with van der Waals surface area (Å²) in [5.41, 5.74) is 2.70. The Bertz CT molecular complexity index is 918. The molecule has 2 aliphatic rings. The third-order valence-corrected chi connectivity index (χ3v) is 6.31. The molecule has 0 amide bonds. The predicted octanol–water partition coefficient (Wildman–Crippen LogP) is 2.49. The molecule has 0 bridgehead atoms. The minimum absolute atomic E-state index is 0.139. The molecule has 0 saturated carbocycles. The van der Waals surface area contributed by atoms with Crippen molar-refractivity contribution in [1.29, 1.82) is 0 Å². The van der Waals surface area contributed by atoms with Gasteiger partial charge in [-0.15, -0.1) is 0 Å². The summed E-state index contributed by atoms with van der Waals surface area (Å²) < 4.78 is 33.6. The van der Waals surface area contributed by atoms with Gasteiger partial charge in [-0.25, -0.2) is 0 Å². The highest BCUT2D eigenvalue weighted by molar-refractivity contribution is 5.59. The largest absolute Gasteiger partial charge is 0.493 e. The molecule has 1 aliphatic heterocycles. The van der Waals surface area contributed by atoms with E-state index in [2.05, 4.69) is 0 Å². The molecule has 2 N–H and O–H groups in total. The lowest BCUT2D eigenvalue weighted by Gasteiger charge is -2.43. The van der Waals surface area contributed by atoms with E-state index in [9.17, 15) is 10.2 Å². The Labute approximate surface area is 181 Å². The molecule has 2 aromatic rings. The lowest BCUT2D eigenvalue weighted by Crippen LogP contribution is -2.38. The van der Waals surface area contributed by atoms with Crippen molar-refractivity contribution in [1.82, 2.24) is 0 Å². The molecule has 0 aromatic heterocycles. The van der Waals surface area contributed by atoms with Crippen LogP contribution in [-0.2, 0) is 4.74 Å². The van der Waals surface area contributed by atoms with Gasteiger partial charge in [0.2, 0.25) is 12.5 Å². The first-order valence-corrected chi connectivity index (χ1v) is 10.1. The number of benzene rings is 2. The summed E-state index contributed by atoms with van der Waals surface area (Å²) >= 11 is 0. The van der Waals surface area contributed by atoms with Gasteiger partial charge in [-0.1, -0.05) is 0 Å². The van der Waals surface area contributed by atoms with Gasteiger partial charge in [-0.3, -0.25) is 0 Å². The molecule has 0 saturated heterocycles. The molecule has 1 aliphatic carbocycles. The molecular weight excluding hydrogens is 404 g/mol. The second kappa shape index (κ2) is 8.82. The lowest BCUT2D eigenvalue weighted by atomic mass is 9.65. The number of hydrogen-bond acceptors (Lipinski definition) is 8. The maximum Gasteiger partial charge on any atom is 0.231 e. The van der Waals surface area contributed by atoms with Gasteiger partial charge in [0.15, 0.2) is 23.0 Å². The van der Waals surface area contributed by atoms with Gasteiger partial charge in [0.1, 0.15) is 0 Å². The average Bonchev–Trinajstić information content (AvgIpc) is 3.27. The van der Waals surface area contributed by atoms with Crippen LogP contribution in [0, 0.1) is 11.8 Å². The van der Waals surface area contributed by atoms with E-state index in [0.717, 1.165) is 16.7 Å². The first-order valence-electron chi connectivity index (χ1n) is 10.1. The van der Waals surface area contributed by atoms with Gasteiger partial charge < -0.3 is 38.6 Å². The van der Waals surface area contributed by atoms with Crippen molar-refractivity contribution < 1.29 is 38.6 Å². The molecule has 0 unspecified atom stereocenters. The number of hydrogen-bond donors (Lipinski definition) is 2. The lowest BCUT2D eigenvalue weighted by molar-refractivity contribution is -0.0300. The highest BCUT2D eigenvalue weighted by atomic mass is 16.7. The van der Waals surface area contributed by atoms with Crippen molar-refractivity contribution in [3.63, 3.8) is 0 Å². The minimum atomic E-state index is -0.398. The summed E-state index contributed by atoms with van der Waals surface area (Å²) in [6.07, 6.45) is -0.398. The van der Waals surface area contributed by atoms with Crippen molar-refractivity contribution in [3.05, 3.63) is 41.0 Å². The van der Waals surface area contributed by atoms with Crippen molar-refractivity contribution in [2.45, 2.75) is 12.0 Å². The quantitative estimate of drug-likeness (QED) is 0.689. The van der Waals surface area contributed by atoms with Gasteiger partial charge in [0, 0.05) is 38.1 Å². The Kier molecular flexibility index (Phi) is 6.13. The van der Waals surface area contributed by atoms with Gasteiger partial charge >= 0.3 is 0 Å². The SMILES string of the molecule is COc1cc([C@@H]2c3cc4c(cc3[C@@H](OC)[C@@H](CO)[C@@H]2CO)OCO4)cc(OC)c1OC. The van der Waals surface area contributed by atoms with Crippen molar-refractivity contribution in [2.75, 3.05) is 48.4 Å². The number of fused-ring (bicyclic) bond motifs is 2. The van der Waals surface area contributed by atoms with E-state index < -0.39 is 6.10 Å². The molecule has 1 heterocycles. The topological polar surface area (TPSA) is 95.8 Å². The van der Waals surface area contributed by atoms with Crippen molar-refractivity contribution >= 4 is 0 Å². The molecule has 0 fully saturated rings. The van der Waals surface area contributed by atoms with Crippen LogP contribution in [0.25, 0.3) is 0 Å². The van der Waals surface area contributed by atoms with Crippen LogP contribution in [0.4, 0.5) is 0 Å². The Morgan fingerprint density at radius 1 is 0.806 bits per heavy atom. The second-order valence-corrected chi connectivity index (χ2v) is 7.62. The average molecular weight is 432 g/mol. The van der Waals surface area contributed by atoms with Crippen LogP contribution >= 0.6 is 0 Å². The third-order valence-electron chi connectivity index (χ3n) is 6.31. The molecule has 0 spiro atoms. The molecule has 4 atom stereocenters. The zero-order valence-corrected chi connectivity index (χ0v) is 18.1. The van der Waals surface area contributed by atoms with E-state index in [-0.39, 0.29) is 37.8 Å². The summed E-state index contributed by atoms with van der Waals surface area (Å²) in [6, 6.07) is 7.61. The number of rotatable bonds is 7. The van der Waals surface area contributed by atoms with E-state index in [1.807, 2.05) is 24.3 Å². The number of ether oxygens (including phenoxy) is 6. The maximum absolute atomic E-state index is 10.4. The summed E-state index contributed by atoms with van der Waals surface area (Å²) in [6.45, 7) is -0.129. The zero-order chi connectivity index (χ0) is 22.1. The fourth-order valence-corrected chi connectivity index (χ4v) is 4.90. The fraction of sp³-hybridized carbons (Fsp3) is 0.478. The Hall–Kier alpha value is -2.68. The smallest absolute Gasteiger partial charge is 0.231 e. The van der Waals surface area contributed by atoms with E-state index in [1.54, 1.807) is 28.4 Å². The van der Waals surface area contributed by atoms with Crippen molar-refractivity contribution in [3.8, 4) is 28.7 Å². The third kappa shape index (κ3) is 3.44. The molecule has 168 valence electrons. The zero-order valence-electron chi connectivity index (χ0n) is 18.1. The number of aliphatic hydroxyl groups excluding tert-OH is 2. The maximum atomic E-state index is 10.4. The molecule has 2 aromatic carbocycles. The van der Waals surface area contributed by atoms with Crippen LogP contribution < -0.4 is 23.7 Å². The Balaban J connectivity index is 1.96. The van der Waals surface area contributed by atoms with Crippen LogP contribution in [0.1, 0.15) is 28.7 Å². The van der Waals surface area contributed by atoms with Gasteiger partial charge in [0.25, 0.3) is 0 Å². The monoisotopic (exact) mass is 432 g/mol. The first kappa shape index (κ1) is 21.5.